The van der Waals surface area contributed by atoms with E-state index in [0.29, 0.717) is 18.7 Å². The number of aryl methyl sites for hydroxylation is 1. The Morgan fingerprint density at radius 1 is 1.47 bits per heavy atom. The molecule has 1 aliphatic carbocycles. The lowest BCUT2D eigenvalue weighted by Gasteiger charge is -2.24. The van der Waals surface area contributed by atoms with Gasteiger partial charge in [-0.15, -0.1) is 0 Å². The molecule has 17 heavy (non-hydrogen) atoms. The minimum absolute atomic E-state index is 0.139. The molecule has 88 valence electrons. The number of Topliss-reactive ketones (excluding diaryl/α,β-unsaturated/α-hetero) is 1. The van der Waals surface area contributed by atoms with Crippen LogP contribution in [0.25, 0.3) is 11.0 Å². The van der Waals surface area contributed by atoms with Gasteiger partial charge in [-0.05, 0) is 6.42 Å². The number of nitrogens with zero attached hydrogens (tertiary/aromatic N) is 4. The first kappa shape index (κ1) is 10.2. The number of hydrogen-bond acceptors (Lipinski definition) is 5. The molecule has 0 radical (unpaired) electrons. The first-order valence-corrected chi connectivity index (χ1v) is 5.70. The molecule has 0 aliphatic heterocycles. The van der Waals surface area contributed by atoms with Gasteiger partial charge in [-0.25, -0.2) is 14.6 Å². The summed E-state index contributed by atoms with van der Waals surface area (Å²) >= 11 is 0. The summed E-state index contributed by atoms with van der Waals surface area (Å²) in [7, 11) is 0. The number of aromatic nitrogens is 4. The zero-order chi connectivity index (χ0) is 12.0. The van der Waals surface area contributed by atoms with Crippen molar-refractivity contribution in [2.45, 2.75) is 32.2 Å². The van der Waals surface area contributed by atoms with Crippen molar-refractivity contribution in [3.05, 3.63) is 12.0 Å². The average molecular weight is 231 g/mol. The molecule has 0 amide bonds. The van der Waals surface area contributed by atoms with E-state index in [-0.39, 0.29) is 11.8 Å². The Morgan fingerprint density at radius 3 is 2.88 bits per heavy atom. The van der Waals surface area contributed by atoms with Gasteiger partial charge in [-0.2, -0.15) is 5.10 Å². The Kier molecular flexibility index (Phi) is 2.10. The number of anilines is 1. The Hall–Kier alpha value is -1.98. The Bertz CT molecular complexity index is 595. The molecule has 0 unspecified atom stereocenters. The molecule has 6 nitrogen and oxygen atoms in total. The Morgan fingerprint density at radius 2 is 2.24 bits per heavy atom. The summed E-state index contributed by atoms with van der Waals surface area (Å²) in [4.78, 5) is 19.3. The number of carbonyl (C=O) groups excluding carboxylic acids is 1. The third-order valence-corrected chi connectivity index (χ3v) is 3.20. The third-order valence-electron chi connectivity index (χ3n) is 3.20. The topological polar surface area (TPSA) is 86.7 Å². The molecule has 3 rings (SSSR count). The molecule has 1 saturated carbocycles. The molecule has 0 spiro atoms. The maximum absolute atomic E-state index is 11.1. The van der Waals surface area contributed by atoms with E-state index in [1.165, 1.54) is 6.33 Å². The van der Waals surface area contributed by atoms with Crippen LogP contribution in [0.3, 0.4) is 0 Å². The largest absolute Gasteiger partial charge is 0.383 e. The zero-order valence-corrected chi connectivity index (χ0v) is 9.55. The number of carbonyl (C=O) groups is 1. The average Bonchev–Trinajstić information content (AvgIpc) is 2.65. The van der Waals surface area contributed by atoms with E-state index in [1.54, 1.807) is 0 Å². The van der Waals surface area contributed by atoms with Crippen LogP contribution in [-0.4, -0.2) is 25.5 Å². The van der Waals surface area contributed by atoms with Crippen molar-refractivity contribution in [1.29, 1.82) is 0 Å². The lowest BCUT2D eigenvalue weighted by molar-refractivity contribution is -0.126. The highest BCUT2D eigenvalue weighted by Gasteiger charge is 2.31. The van der Waals surface area contributed by atoms with Crippen LogP contribution in [0.15, 0.2) is 6.33 Å². The van der Waals surface area contributed by atoms with E-state index >= 15 is 0 Å². The van der Waals surface area contributed by atoms with Gasteiger partial charge in [0.25, 0.3) is 0 Å². The standard InChI is InChI=1S/C11H13N5O/c1-2-8-9-10(12)13-5-14-11(9)16(15-8)6-3-7(17)4-6/h5-6H,2-4H2,1H3,(H2,12,13,14). The van der Waals surface area contributed by atoms with E-state index in [1.807, 2.05) is 11.6 Å². The van der Waals surface area contributed by atoms with Gasteiger partial charge in [0, 0.05) is 12.8 Å². The molecular formula is C11H13N5O. The first-order chi connectivity index (χ1) is 8.20. The highest BCUT2D eigenvalue weighted by Crippen LogP contribution is 2.32. The highest BCUT2D eigenvalue weighted by atomic mass is 16.1. The number of nitrogens with two attached hydrogens (primary N) is 1. The second-order valence-corrected chi connectivity index (χ2v) is 4.30. The highest BCUT2D eigenvalue weighted by molar-refractivity contribution is 5.90. The number of hydrogen-bond donors (Lipinski definition) is 1. The van der Waals surface area contributed by atoms with Crippen molar-refractivity contribution < 1.29 is 4.79 Å². The summed E-state index contributed by atoms with van der Waals surface area (Å²) in [6.07, 6.45) is 3.31. The molecule has 1 aliphatic rings. The summed E-state index contributed by atoms with van der Waals surface area (Å²) in [5, 5.41) is 5.34. The van der Waals surface area contributed by atoms with Crippen LogP contribution in [0, 0.1) is 0 Å². The van der Waals surface area contributed by atoms with Crippen LogP contribution in [0.2, 0.25) is 0 Å². The van der Waals surface area contributed by atoms with E-state index in [4.69, 9.17) is 5.73 Å². The van der Waals surface area contributed by atoms with Crippen molar-refractivity contribution in [1.82, 2.24) is 19.7 Å². The van der Waals surface area contributed by atoms with Gasteiger partial charge in [0.1, 0.15) is 17.9 Å². The van der Waals surface area contributed by atoms with Gasteiger partial charge in [0.2, 0.25) is 0 Å². The number of ketones is 1. The molecular weight excluding hydrogens is 218 g/mol. The fraction of sp³-hybridized carbons (Fsp3) is 0.455. The molecule has 0 bridgehead atoms. The normalized spacial score (nSPS) is 16.4. The van der Waals surface area contributed by atoms with Crippen LogP contribution >= 0.6 is 0 Å². The SMILES string of the molecule is CCc1nn(C2CC(=O)C2)c2ncnc(N)c12. The second kappa shape index (κ2) is 3.51. The minimum Gasteiger partial charge on any atom is -0.383 e. The van der Waals surface area contributed by atoms with Gasteiger partial charge in [0.15, 0.2) is 5.65 Å². The van der Waals surface area contributed by atoms with E-state index in [0.717, 1.165) is 23.1 Å². The summed E-state index contributed by atoms with van der Waals surface area (Å²) in [5.74, 6) is 0.738. The quantitative estimate of drug-likeness (QED) is 0.828. The smallest absolute Gasteiger partial charge is 0.163 e. The lowest BCUT2D eigenvalue weighted by atomic mass is 9.92. The molecule has 2 N–H and O–H groups in total. The van der Waals surface area contributed by atoms with Gasteiger partial charge < -0.3 is 5.73 Å². The van der Waals surface area contributed by atoms with E-state index in [9.17, 15) is 4.79 Å². The van der Waals surface area contributed by atoms with Crippen LogP contribution in [-0.2, 0) is 11.2 Å². The Balaban J connectivity index is 2.19. The molecule has 2 aromatic heterocycles. The van der Waals surface area contributed by atoms with Crippen LogP contribution < -0.4 is 5.73 Å². The third kappa shape index (κ3) is 1.40. The maximum Gasteiger partial charge on any atom is 0.163 e. The van der Waals surface area contributed by atoms with E-state index < -0.39 is 0 Å². The van der Waals surface area contributed by atoms with Gasteiger partial charge in [0.05, 0.1) is 17.1 Å². The molecule has 0 saturated heterocycles. The summed E-state index contributed by atoms with van der Waals surface area (Å²) in [6.45, 7) is 2.02. The van der Waals surface area contributed by atoms with Gasteiger partial charge in [-0.1, -0.05) is 6.92 Å². The monoisotopic (exact) mass is 231 g/mol. The number of rotatable bonds is 2. The first-order valence-electron chi connectivity index (χ1n) is 5.70. The van der Waals surface area contributed by atoms with Crippen LogP contribution in [0.5, 0.6) is 0 Å². The number of nitrogen functional groups attached to an aromatic ring is 1. The Labute approximate surface area is 97.8 Å². The predicted octanol–water partition coefficient (Wildman–Crippen LogP) is 0.875. The minimum atomic E-state index is 0.139. The zero-order valence-electron chi connectivity index (χ0n) is 9.55. The molecule has 1 fully saturated rings. The summed E-state index contributed by atoms with van der Waals surface area (Å²) in [5.41, 5.74) is 7.50. The maximum atomic E-state index is 11.1. The van der Waals surface area contributed by atoms with Crippen LogP contribution in [0.4, 0.5) is 5.82 Å². The molecule has 2 heterocycles. The lowest BCUT2D eigenvalue weighted by Crippen LogP contribution is -2.27. The molecule has 2 aromatic rings. The fourth-order valence-electron chi connectivity index (χ4n) is 2.21. The van der Waals surface area contributed by atoms with Crippen molar-refractivity contribution in [3.63, 3.8) is 0 Å². The van der Waals surface area contributed by atoms with Crippen molar-refractivity contribution in [2.24, 2.45) is 0 Å². The van der Waals surface area contributed by atoms with Crippen molar-refractivity contribution in [3.8, 4) is 0 Å². The van der Waals surface area contributed by atoms with E-state index in [2.05, 4.69) is 15.1 Å². The van der Waals surface area contributed by atoms with Gasteiger partial charge in [-0.3, -0.25) is 4.79 Å². The van der Waals surface area contributed by atoms with Crippen molar-refractivity contribution >= 4 is 22.6 Å². The molecule has 0 atom stereocenters. The van der Waals surface area contributed by atoms with Crippen LogP contribution in [0.1, 0.15) is 31.5 Å². The molecule has 6 heteroatoms. The van der Waals surface area contributed by atoms with Gasteiger partial charge >= 0.3 is 0 Å². The van der Waals surface area contributed by atoms with Crippen molar-refractivity contribution in [2.75, 3.05) is 5.73 Å². The predicted molar refractivity (Wildman–Crippen MR) is 62.4 cm³/mol. The number of fused-ring (bicyclic) bond motifs is 1. The summed E-state index contributed by atoms with van der Waals surface area (Å²) < 4.78 is 1.83. The second-order valence-electron chi connectivity index (χ2n) is 4.30. The fourth-order valence-corrected chi connectivity index (χ4v) is 2.21. The summed E-state index contributed by atoms with van der Waals surface area (Å²) in [6, 6.07) is 0.139. The molecule has 0 aromatic carbocycles.